The lowest BCUT2D eigenvalue weighted by atomic mass is 10.1. The topological polar surface area (TPSA) is 17.1 Å². The average molecular weight is 276 g/mol. The van der Waals surface area contributed by atoms with Gasteiger partial charge < -0.3 is 0 Å². The molecule has 1 aromatic carbocycles. The SMILES string of the molecule is CCc1ccc(C(=O)C(C)SCC2CCCC2)cc1. The van der Waals surface area contributed by atoms with Gasteiger partial charge in [0.2, 0.25) is 0 Å². The van der Waals surface area contributed by atoms with E-state index in [2.05, 4.69) is 26.0 Å². The van der Waals surface area contributed by atoms with Crippen LogP contribution in [0.2, 0.25) is 0 Å². The first-order chi connectivity index (χ1) is 9.20. The fourth-order valence-electron chi connectivity index (χ4n) is 2.67. The first-order valence-electron chi connectivity index (χ1n) is 7.45. The van der Waals surface area contributed by atoms with E-state index in [0.717, 1.165) is 23.7 Å². The number of Topliss-reactive ketones (excluding diaryl/α,β-unsaturated/α-hetero) is 1. The summed E-state index contributed by atoms with van der Waals surface area (Å²) in [5.74, 6) is 2.29. The van der Waals surface area contributed by atoms with Crippen LogP contribution in [0.1, 0.15) is 55.5 Å². The summed E-state index contributed by atoms with van der Waals surface area (Å²) in [6, 6.07) is 8.10. The lowest BCUT2D eigenvalue weighted by Crippen LogP contribution is -2.15. The molecule has 0 saturated heterocycles. The lowest BCUT2D eigenvalue weighted by molar-refractivity contribution is 0.0994. The molecule has 1 fully saturated rings. The summed E-state index contributed by atoms with van der Waals surface area (Å²) in [4.78, 5) is 12.3. The molecule has 0 radical (unpaired) electrons. The van der Waals surface area contributed by atoms with E-state index in [0.29, 0.717) is 0 Å². The van der Waals surface area contributed by atoms with Crippen molar-refractivity contribution in [3.05, 3.63) is 35.4 Å². The third kappa shape index (κ3) is 4.10. The third-order valence-corrected chi connectivity index (χ3v) is 5.45. The summed E-state index contributed by atoms with van der Waals surface area (Å²) >= 11 is 1.84. The van der Waals surface area contributed by atoms with Crippen molar-refractivity contribution in [2.45, 2.75) is 51.2 Å². The first-order valence-corrected chi connectivity index (χ1v) is 8.50. The van der Waals surface area contributed by atoms with Crippen LogP contribution >= 0.6 is 11.8 Å². The van der Waals surface area contributed by atoms with Gasteiger partial charge in [-0.3, -0.25) is 4.79 Å². The molecule has 0 bridgehead atoms. The molecule has 2 heteroatoms. The molecule has 0 aromatic heterocycles. The molecule has 104 valence electrons. The van der Waals surface area contributed by atoms with Crippen molar-refractivity contribution in [2.75, 3.05) is 5.75 Å². The van der Waals surface area contributed by atoms with E-state index in [9.17, 15) is 4.79 Å². The van der Waals surface area contributed by atoms with Crippen molar-refractivity contribution < 1.29 is 4.79 Å². The fourth-order valence-corrected chi connectivity index (χ4v) is 3.85. The Balaban J connectivity index is 1.86. The van der Waals surface area contributed by atoms with Crippen LogP contribution in [0.3, 0.4) is 0 Å². The molecule has 0 heterocycles. The van der Waals surface area contributed by atoms with Crippen LogP contribution in [-0.4, -0.2) is 16.8 Å². The minimum Gasteiger partial charge on any atom is -0.293 e. The Morgan fingerprint density at radius 3 is 2.47 bits per heavy atom. The zero-order chi connectivity index (χ0) is 13.7. The maximum atomic E-state index is 12.3. The number of carbonyl (C=O) groups is 1. The van der Waals surface area contributed by atoms with Crippen LogP contribution in [0.5, 0.6) is 0 Å². The van der Waals surface area contributed by atoms with Crippen LogP contribution in [0.25, 0.3) is 0 Å². The van der Waals surface area contributed by atoms with E-state index < -0.39 is 0 Å². The minimum absolute atomic E-state index is 0.0908. The smallest absolute Gasteiger partial charge is 0.175 e. The summed E-state index contributed by atoms with van der Waals surface area (Å²) in [7, 11) is 0. The number of carbonyl (C=O) groups excluding carboxylic acids is 1. The predicted octanol–water partition coefficient (Wildman–Crippen LogP) is 4.74. The summed E-state index contributed by atoms with van der Waals surface area (Å²) in [6.45, 7) is 4.19. The number of ketones is 1. The zero-order valence-electron chi connectivity index (χ0n) is 12.0. The molecule has 1 aliphatic rings. The molecule has 0 N–H and O–H groups in total. The molecule has 0 aliphatic heterocycles. The molecule has 2 rings (SSSR count). The van der Waals surface area contributed by atoms with E-state index in [4.69, 9.17) is 0 Å². The molecule has 0 spiro atoms. The lowest BCUT2D eigenvalue weighted by Gasteiger charge is -2.14. The highest BCUT2D eigenvalue weighted by molar-refractivity contribution is 8.00. The van der Waals surface area contributed by atoms with Gasteiger partial charge in [-0.1, -0.05) is 44.0 Å². The molecule has 19 heavy (non-hydrogen) atoms. The quantitative estimate of drug-likeness (QED) is 0.698. The Kier molecular flexibility index (Phi) is 5.50. The number of rotatable bonds is 6. The van der Waals surface area contributed by atoms with Crippen molar-refractivity contribution in [1.29, 1.82) is 0 Å². The Morgan fingerprint density at radius 1 is 1.26 bits per heavy atom. The number of aryl methyl sites for hydroxylation is 1. The average Bonchev–Trinajstić information content (AvgIpc) is 2.97. The molecule has 1 nitrogen and oxygen atoms in total. The maximum absolute atomic E-state index is 12.3. The molecule has 0 amide bonds. The largest absolute Gasteiger partial charge is 0.293 e. The molecule has 1 aliphatic carbocycles. The van der Waals surface area contributed by atoms with Gasteiger partial charge in [0.1, 0.15) is 0 Å². The van der Waals surface area contributed by atoms with Gasteiger partial charge in [0.25, 0.3) is 0 Å². The van der Waals surface area contributed by atoms with Gasteiger partial charge in [0, 0.05) is 5.56 Å². The van der Waals surface area contributed by atoms with Gasteiger partial charge in [-0.15, -0.1) is 0 Å². The van der Waals surface area contributed by atoms with E-state index in [1.807, 2.05) is 23.9 Å². The zero-order valence-corrected chi connectivity index (χ0v) is 12.8. The van der Waals surface area contributed by atoms with Crippen molar-refractivity contribution in [1.82, 2.24) is 0 Å². The van der Waals surface area contributed by atoms with E-state index in [-0.39, 0.29) is 11.0 Å². The van der Waals surface area contributed by atoms with Gasteiger partial charge in [-0.25, -0.2) is 0 Å². The number of benzene rings is 1. The second-order valence-electron chi connectivity index (χ2n) is 5.54. The van der Waals surface area contributed by atoms with Gasteiger partial charge in [-0.2, -0.15) is 11.8 Å². The number of hydrogen-bond donors (Lipinski definition) is 0. The van der Waals surface area contributed by atoms with Crippen molar-refractivity contribution in [2.24, 2.45) is 5.92 Å². The summed E-state index contributed by atoms with van der Waals surface area (Å²) in [5.41, 5.74) is 2.16. The van der Waals surface area contributed by atoms with E-state index >= 15 is 0 Å². The molecule has 1 saturated carbocycles. The first kappa shape index (κ1) is 14.6. The highest BCUT2D eigenvalue weighted by atomic mass is 32.2. The Bertz CT molecular complexity index is 404. The summed E-state index contributed by atoms with van der Waals surface area (Å²) < 4.78 is 0. The van der Waals surface area contributed by atoms with Crippen LogP contribution < -0.4 is 0 Å². The predicted molar refractivity (Wildman–Crippen MR) is 84.0 cm³/mol. The number of hydrogen-bond acceptors (Lipinski definition) is 2. The van der Waals surface area contributed by atoms with Crippen molar-refractivity contribution >= 4 is 17.5 Å². The highest BCUT2D eigenvalue weighted by Crippen LogP contribution is 2.30. The maximum Gasteiger partial charge on any atom is 0.175 e. The standard InChI is InChI=1S/C17H24OS/c1-3-14-8-10-16(11-9-14)17(18)13(2)19-12-15-6-4-5-7-15/h8-11,13,15H,3-7,12H2,1-2H3. The molecule has 1 atom stereocenters. The van der Waals surface area contributed by atoms with Crippen LogP contribution in [0.4, 0.5) is 0 Å². The van der Waals surface area contributed by atoms with Crippen molar-refractivity contribution in [3.63, 3.8) is 0 Å². The van der Waals surface area contributed by atoms with Gasteiger partial charge in [0.05, 0.1) is 5.25 Å². The second kappa shape index (κ2) is 7.14. The normalized spacial score (nSPS) is 17.6. The Labute approximate surface area is 121 Å². The fraction of sp³-hybridized carbons (Fsp3) is 0.588. The summed E-state index contributed by atoms with van der Waals surface area (Å²) in [6.07, 6.45) is 6.51. The van der Waals surface area contributed by atoms with Crippen LogP contribution in [-0.2, 0) is 6.42 Å². The Hall–Kier alpha value is -0.760. The van der Waals surface area contributed by atoms with E-state index in [1.54, 1.807) is 0 Å². The molecule has 1 unspecified atom stereocenters. The van der Waals surface area contributed by atoms with Crippen LogP contribution in [0.15, 0.2) is 24.3 Å². The molecule has 1 aromatic rings. The summed E-state index contributed by atoms with van der Waals surface area (Å²) in [5, 5.41) is 0.0908. The van der Waals surface area contributed by atoms with Crippen molar-refractivity contribution in [3.8, 4) is 0 Å². The van der Waals surface area contributed by atoms with E-state index in [1.165, 1.54) is 31.2 Å². The Morgan fingerprint density at radius 2 is 1.89 bits per heavy atom. The monoisotopic (exact) mass is 276 g/mol. The molecular formula is C17H24OS. The van der Waals surface area contributed by atoms with Gasteiger partial charge >= 0.3 is 0 Å². The highest BCUT2D eigenvalue weighted by Gasteiger charge is 2.20. The molecular weight excluding hydrogens is 252 g/mol. The third-order valence-electron chi connectivity index (χ3n) is 4.07. The number of thioether (sulfide) groups is 1. The van der Waals surface area contributed by atoms with Gasteiger partial charge in [0.15, 0.2) is 5.78 Å². The van der Waals surface area contributed by atoms with Gasteiger partial charge in [-0.05, 0) is 43.4 Å². The van der Waals surface area contributed by atoms with Crippen LogP contribution in [0, 0.1) is 5.92 Å². The second-order valence-corrected chi connectivity index (χ2v) is 6.91. The minimum atomic E-state index is 0.0908.